The normalized spacial score (nSPS) is 10.9. The highest BCUT2D eigenvalue weighted by atomic mass is 32.2. The molecule has 2 heterocycles. The van der Waals surface area contributed by atoms with E-state index in [1.807, 2.05) is 89.5 Å². The molecule has 0 aliphatic rings. The zero-order chi connectivity index (χ0) is 20.2. The van der Waals surface area contributed by atoms with Crippen LogP contribution < -0.4 is 0 Å². The third kappa shape index (κ3) is 3.88. The number of nitrogens with zero attached hydrogens (tertiary/aromatic N) is 1. The summed E-state index contributed by atoms with van der Waals surface area (Å²) in [5.74, 6) is 0.765. The summed E-state index contributed by atoms with van der Waals surface area (Å²) >= 11 is 2.79. The van der Waals surface area contributed by atoms with Gasteiger partial charge in [-0.15, -0.1) is 11.8 Å². The van der Waals surface area contributed by atoms with Crippen molar-refractivity contribution >= 4 is 39.9 Å². The number of thioether (sulfide) groups is 2. The summed E-state index contributed by atoms with van der Waals surface area (Å²) in [7, 11) is 0. The lowest BCUT2D eigenvalue weighted by Gasteiger charge is -2.06. The predicted octanol–water partition coefficient (Wildman–Crippen LogP) is 6.21. The van der Waals surface area contributed by atoms with E-state index in [0.717, 1.165) is 21.1 Å². The Bertz CT molecular complexity index is 1170. The maximum absolute atomic E-state index is 13.4. The minimum absolute atomic E-state index is 0.0291. The molecule has 4 aromatic rings. The van der Waals surface area contributed by atoms with E-state index in [1.165, 1.54) is 11.8 Å². The molecule has 0 saturated heterocycles. The summed E-state index contributed by atoms with van der Waals surface area (Å²) in [6.07, 6.45) is 1.89. The second-order valence-electron chi connectivity index (χ2n) is 6.35. The molecule has 0 amide bonds. The lowest BCUT2D eigenvalue weighted by molar-refractivity contribution is 0.102. The number of aromatic nitrogens is 1. The average Bonchev–Trinajstić information content (AvgIpc) is 3.08. The molecule has 29 heavy (non-hydrogen) atoms. The summed E-state index contributed by atoms with van der Waals surface area (Å²) in [6, 6.07) is 24.3. The van der Waals surface area contributed by atoms with Crippen LogP contribution in [0.25, 0.3) is 5.52 Å². The average molecular weight is 418 g/mol. The van der Waals surface area contributed by atoms with Gasteiger partial charge in [-0.2, -0.15) is 0 Å². The predicted molar refractivity (Wildman–Crippen MR) is 120 cm³/mol. The number of fused-ring (bicyclic) bond motifs is 1. The van der Waals surface area contributed by atoms with Crippen LogP contribution in [0.15, 0.2) is 94.9 Å². The number of hydrogen-bond donors (Lipinski definition) is 0. The molecule has 0 unspecified atom stereocenters. The van der Waals surface area contributed by atoms with Gasteiger partial charge < -0.3 is 4.40 Å². The number of benzene rings is 2. The van der Waals surface area contributed by atoms with E-state index in [1.54, 1.807) is 11.8 Å². The van der Waals surface area contributed by atoms with Gasteiger partial charge in [-0.1, -0.05) is 73.7 Å². The Labute approximate surface area is 178 Å². The van der Waals surface area contributed by atoms with Crippen molar-refractivity contribution in [3.05, 3.63) is 102 Å². The first-order valence-corrected chi connectivity index (χ1v) is 11.1. The van der Waals surface area contributed by atoms with Crippen LogP contribution in [0.2, 0.25) is 0 Å². The van der Waals surface area contributed by atoms with E-state index < -0.39 is 0 Å². The number of pyridine rings is 1. The van der Waals surface area contributed by atoms with Crippen LogP contribution in [0.1, 0.15) is 33.3 Å². The maximum atomic E-state index is 13.4. The van der Waals surface area contributed by atoms with Gasteiger partial charge in [-0.05, 0) is 29.6 Å². The molecular weight excluding hydrogens is 398 g/mol. The minimum Gasteiger partial charge on any atom is -0.312 e. The van der Waals surface area contributed by atoms with Crippen molar-refractivity contribution in [1.82, 2.24) is 4.40 Å². The monoisotopic (exact) mass is 417 g/mol. The fraction of sp³-hybridized carbons (Fsp3) is 0.0833. The van der Waals surface area contributed by atoms with Gasteiger partial charge in [0, 0.05) is 17.3 Å². The van der Waals surface area contributed by atoms with Gasteiger partial charge in [0.15, 0.2) is 0 Å². The molecule has 0 bridgehead atoms. The molecule has 0 spiro atoms. The standard InChI is InChI=1S/C24H19NO2S2/c1-2-28-23-20(21(26)17-11-5-3-6-12-17)25-16-10-9-15-19(25)22(23)29-24(27)18-13-7-4-8-14-18/h3-16H,2H2,1H3. The Hall–Kier alpha value is -2.76. The van der Waals surface area contributed by atoms with Gasteiger partial charge in [-0.3, -0.25) is 9.59 Å². The summed E-state index contributed by atoms with van der Waals surface area (Å²) in [5.41, 5.74) is 2.77. The van der Waals surface area contributed by atoms with Gasteiger partial charge >= 0.3 is 0 Å². The van der Waals surface area contributed by atoms with Gasteiger partial charge in [0.25, 0.3) is 0 Å². The van der Waals surface area contributed by atoms with E-state index >= 15 is 0 Å². The second-order valence-corrected chi connectivity index (χ2v) is 8.60. The fourth-order valence-corrected chi connectivity index (χ4v) is 5.25. The Morgan fingerprint density at radius 3 is 2.07 bits per heavy atom. The molecule has 0 aliphatic heterocycles. The molecule has 0 radical (unpaired) electrons. The van der Waals surface area contributed by atoms with Crippen molar-refractivity contribution in [3.8, 4) is 0 Å². The Morgan fingerprint density at radius 2 is 1.41 bits per heavy atom. The van der Waals surface area contributed by atoms with Crippen LogP contribution in [-0.2, 0) is 0 Å². The highest BCUT2D eigenvalue weighted by Crippen LogP contribution is 2.41. The van der Waals surface area contributed by atoms with Crippen molar-refractivity contribution in [2.45, 2.75) is 16.7 Å². The van der Waals surface area contributed by atoms with Gasteiger partial charge in [-0.25, -0.2) is 0 Å². The summed E-state index contributed by atoms with van der Waals surface area (Å²) < 4.78 is 1.91. The Kier molecular flexibility index (Phi) is 5.88. The molecule has 2 aromatic heterocycles. The highest BCUT2D eigenvalue weighted by molar-refractivity contribution is 8.14. The van der Waals surface area contributed by atoms with Crippen LogP contribution in [-0.4, -0.2) is 21.1 Å². The summed E-state index contributed by atoms with van der Waals surface area (Å²) in [4.78, 5) is 28.0. The van der Waals surface area contributed by atoms with Crippen LogP contribution in [0.5, 0.6) is 0 Å². The number of carbonyl (C=O) groups excluding carboxylic acids is 2. The smallest absolute Gasteiger partial charge is 0.224 e. The van der Waals surface area contributed by atoms with Gasteiger partial charge in [0.1, 0.15) is 5.69 Å². The maximum Gasteiger partial charge on any atom is 0.224 e. The first-order valence-electron chi connectivity index (χ1n) is 9.33. The van der Waals surface area contributed by atoms with E-state index in [2.05, 4.69) is 6.92 Å². The van der Waals surface area contributed by atoms with E-state index in [0.29, 0.717) is 16.8 Å². The second kappa shape index (κ2) is 8.72. The quantitative estimate of drug-likeness (QED) is 0.276. The molecule has 2 aromatic carbocycles. The van der Waals surface area contributed by atoms with Crippen molar-refractivity contribution in [2.24, 2.45) is 0 Å². The number of hydrogen-bond acceptors (Lipinski definition) is 4. The van der Waals surface area contributed by atoms with Crippen molar-refractivity contribution in [3.63, 3.8) is 0 Å². The first kappa shape index (κ1) is 19.6. The van der Waals surface area contributed by atoms with E-state index in [9.17, 15) is 9.59 Å². The summed E-state index contributed by atoms with van der Waals surface area (Å²) in [5, 5.41) is -0.0291. The number of carbonyl (C=O) groups is 2. The summed E-state index contributed by atoms with van der Waals surface area (Å²) in [6.45, 7) is 2.05. The minimum atomic E-state index is -0.0400. The Balaban J connectivity index is 1.87. The number of rotatable bonds is 6. The van der Waals surface area contributed by atoms with Crippen LogP contribution in [0.4, 0.5) is 0 Å². The molecule has 0 N–H and O–H groups in total. The molecule has 0 aliphatic carbocycles. The largest absolute Gasteiger partial charge is 0.312 e. The molecule has 4 rings (SSSR count). The number of ketones is 1. The molecule has 5 heteroatoms. The molecule has 3 nitrogen and oxygen atoms in total. The lowest BCUT2D eigenvalue weighted by Crippen LogP contribution is -2.06. The van der Waals surface area contributed by atoms with Crippen molar-refractivity contribution in [1.29, 1.82) is 0 Å². The molecule has 0 fully saturated rings. The molecule has 0 atom stereocenters. The fourth-order valence-electron chi connectivity index (χ4n) is 3.20. The SMILES string of the molecule is CCSc1c(SC(=O)c2ccccc2)c2ccccn2c1C(=O)c1ccccc1. The van der Waals surface area contributed by atoms with Crippen LogP contribution >= 0.6 is 23.5 Å². The third-order valence-electron chi connectivity index (χ3n) is 4.50. The topological polar surface area (TPSA) is 38.5 Å². The van der Waals surface area contributed by atoms with Crippen LogP contribution in [0, 0.1) is 0 Å². The first-order chi connectivity index (χ1) is 14.2. The van der Waals surface area contributed by atoms with E-state index in [-0.39, 0.29) is 10.9 Å². The van der Waals surface area contributed by atoms with Gasteiger partial charge in [0.2, 0.25) is 10.9 Å². The van der Waals surface area contributed by atoms with Crippen molar-refractivity contribution in [2.75, 3.05) is 5.75 Å². The van der Waals surface area contributed by atoms with Crippen LogP contribution in [0.3, 0.4) is 0 Å². The van der Waals surface area contributed by atoms with E-state index in [4.69, 9.17) is 0 Å². The van der Waals surface area contributed by atoms with Gasteiger partial charge in [0.05, 0.1) is 15.3 Å². The van der Waals surface area contributed by atoms with Crippen molar-refractivity contribution < 1.29 is 9.59 Å². The third-order valence-corrected chi connectivity index (χ3v) is 6.64. The molecule has 144 valence electrons. The highest BCUT2D eigenvalue weighted by Gasteiger charge is 2.26. The Morgan fingerprint density at radius 1 is 0.793 bits per heavy atom. The molecule has 0 saturated carbocycles. The lowest BCUT2D eigenvalue weighted by atomic mass is 10.1. The molecular formula is C24H19NO2S2. The zero-order valence-corrected chi connectivity index (χ0v) is 17.5. The zero-order valence-electron chi connectivity index (χ0n) is 15.9.